The Morgan fingerprint density at radius 3 is 2.29 bits per heavy atom. The van der Waals surface area contributed by atoms with Gasteiger partial charge in [0.25, 0.3) is 0 Å². The Kier molecular flexibility index (Phi) is 5.22. The Labute approximate surface area is 125 Å². The number of nitrogens with one attached hydrogen (secondary N) is 1. The summed E-state index contributed by atoms with van der Waals surface area (Å²) in [5, 5.41) is 12.2. The lowest BCUT2D eigenvalue weighted by molar-refractivity contribution is -0.154. The molecule has 4 N–H and O–H groups in total. The predicted octanol–water partition coefficient (Wildman–Crippen LogP) is 1.04. The van der Waals surface area contributed by atoms with Gasteiger partial charge in [-0.25, -0.2) is 0 Å². The summed E-state index contributed by atoms with van der Waals surface area (Å²) in [6.07, 6.45) is 6.24. The first kappa shape index (κ1) is 16.2. The second kappa shape index (κ2) is 6.75. The average Bonchev–Trinajstić information content (AvgIpc) is 2.46. The van der Waals surface area contributed by atoms with Crippen LogP contribution in [0.25, 0.3) is 0 Å². The molecule has 1 aliphatic heterocycles. The van der Waals surface area contributed by atoms with Gasteiger partial charge in [0.2, 0.25) is 5.91 Å². The molecule has 120 valence electrons. The number of amides is 1. The summed E-state index contributed by atoms with van der Waals surface area (Å²) in [5.74, 6) is -0.988. The summed E-state index contributed by atoms with van der Waals surface area (Å²) < 4.78 is 5.22. The third-order valence-corrected chi connectivity index (χ3v) is 4.89. The molecule has 21 heavy (non-hydrogen) atoms. The van der Waals surface area contributed by atoms with E-state index in [1.165, 1.54) is 6.42 Å². The minimum Gasteiger partial charge on any atom is -0.481 e. The summed E-state index contributed by atoms with van der Waals surface area (Å²) in [7, 11) is 0. The summed E-state index contributed by atoms with van der Waals surface area (Å²) in [6.45, 7) is 1.03. The molecule has 1 saturated heterocycles. The van der Waals surface area contributed by atoms with Crippen LogP contribution in [0.2, 0.25) is 0 Å². The first-order valence-corrected chi connectivity index (χ1v) is 7.83. The van der Waals surface area contributed by atoms with Crippen molar-refractivity contribution in [2.75, 3.05) is 19.8 Å². The third kappa shape index (κ3) is 4.17. The van der Waals surface area contributed by atoms with E-state index < -0.39 is 16.9 Å². The smallest absolute Gasteiger partial charge is 0.311 e. The number of aliphatic carboxylic acids is 1. The fourth-order valence-electron chi connectivity index (χ4n) is 3.31. The van der Waals surface area contributed by atoms with Crippen LogP contribution in [0.5, 0.6) is 0 Å². The normalized spacial score (nSPS) is 24.2. The monoisotopic (exact) mass is 298 g/mol. The molecule has 6 heteroatoms. The number of rotatable bonds is 5. The van der Waals surface area contributed by atoms with Gasteiger partial charge in [-0.3, -0.25) is 9.59 Å². The van der Waals surface area contributed by atoms with Crippen LogP contribution in [0.1, 0.15) is 51.4 Å². The molecule has 6 nitrogen and oxygen atoms in total. The van der Waals surface area contributed by atoms with Gasteiger partial charge in [0, 0.05) is 31.7 Å². The van der Waals surface area contributed by atoms with Crippen LogP contribution in [0.15, 0.2) is 0 Å². The fourth-order valence-corrected chi connectivity index (χ4v) is 3.31. The van der Waals surface area contributed by atoms with E-state index in [0.717, 1.165) is 25.7 Å². The molecule has 2 rings (SSSR count). The zero-order valence-electron chi connectivity index (χ0n) is 12.5. The number of nitrogens with two attached hydrogens (primary N) is 1. The second-order valence-corrected chi connectivity index (χ2v) is 6.57. The van der Waals surface area contributed by atoms with E-state index >= 15 is 0 Å². The molecule has 0 atom stereocenters. The van der Waals surface area contributed by atoms with Crippen molar-refractivity contribution >= 4 is 11.9 Å². The molecule has 2 fully saturated rings. The largest absolute Gasteiger partial charge is 0.481 e. The summed E-state index contributed by atoms with van der Waals surface area (Å²) in [5.41, 5.74) is 4.97. The SMILES string of the molecule is NC1(CC(=O)NCC2(C(=O)O)CCOCC2)CCCCC1. The molecule has 1 heterocycles. The molecule has 1 aliphatic carbocycles. The third-order valence-electron chi connectivity index (χ3n) is 4.89. The highest BCUT2D eigenvalue weighted by Crippen LogP contribution is 2.31. The van der Waals surface area contributed by atoms with Gasteiger partial charge in [0.05, 0.1) is 5.41 Å². The Bertz CT molecular complexity index is 385. The highest BCUT2D eigenvalue weighted by molar-refractivity contribution is 5.80. The molecule has 0 aromatic carbocycles. The van der Waals surface area contributed by atoms with Crippen LogP contribution in [0.3, 0.4) is 0 Å². The van der Waals surface area contributed by atoms with E-state index in [1.54, 1.807) is 0 Å². The molecule has 0 radical (unpaired) electrons. The van der Waals surface area contributed by atoms with Crippen molar-refractivity contribution in [3.8, 4) is 0 Å². The van der Waals surface area contributed by atoms with E-state index in [-0.39, 0.29) is 12.5 Å². The van der Waals surface area contributed by atoms with Crippen molar-refractivity contribution in [3.63, 3.8) is 0 Å². The summed E-state index contributed by atoms with van der Waals surface area (Å²) in [4.78, 5) is 23.6. The Balaban J connectivity index is 1.85. The number of carboxylic acids is 1. The van der Waals surface area contributed by atoms with Crippen molar-refractivity contribution in [3.05, 3.63) is 0 Å². The van der Waals surface area contributed by atoms with E-state index in [9.17, 15) is 14.7 Å². The first-order chi connectivity index (χ1) is 9.96. The molecule has 0 bridgehead atoms. The zero-order valence-corrected chi connectivity index (χ0v) is 12.5. The molecule has 2 aliphatic rings. The maximum absolute atomic E-state index is 12.1. The quantitative estimate of drug-likeness (QED) is 0.704. The number of hydrogen-bond donors (Lipinski definition) is 3. The van der Waals surface area contributed by atoms with Gasteiger partial charge in [0.1, 0.15) is 0 Å². The highest BCUT2D eigenvalue weighted by atomic mass is 16.5. The molecule has 1 saturated carbocycles. The molecule has 0 aromatic rings. The van der Waals surface area contributed by atoms with Crippen LogP contribution in [-0.4, -0.2) is 42.3 Å². The minimum absolute atomic E-state index is 0.133. The Hall–Kier alpha value is -1.14. The van der Waals surface area contributed by atoms with Gasteiger partial charge in [0.15, 0.2) is 0 Å². The van der Waals surface area contributed by atoms with E-state index in [4.69, 9.17) is 10.5 Å². The van der Waals surface area contributed by atoms with Crippen LogP contribution in [0.4, 0.5) is 0 Å². The number of carbonyl (C=O) groups is 2. The maximum Gasteiger partial charge on any atom is 0.311 e. The molecule has 0 unspecified atom stereocenters. The van der Waals surface area contributed by atoms with E-state index in [2.05, 4.69) is 5.32 Å². The topological polar surface area (TPSA) is 102 Å². The molecule has 0 aromatic heterocycles. The lowest BCUT2D eigenvalue weighted by atomic mass is 9.79. The minimum atomic E-state index is -0.887. The average molecular weight is 298 g/mol. The van der Waals surface area contributed by atoms with Crippen LogP contribution < -0.4 is 11.1 Å². The standard InChI is InChI=1S/C15H26N2O4/c16-15(4-2-1-3-5-15)10-12(18)17-11-14(13(19)20)6-8-21-9-7-14/h1-11,16H2,(H,17,18)(H,19,20). The highest BCUT2D eigenvalue weighted by Gasteiger charge is 2.41. The molecular weight excluding hydrogens is 272 g/mol. The molecule has 1 amide bonds. The van der Waals surface area contributed by atoms with Crippen molar-refractivity contribution in [2.45, 2.75) is 56.9 Å². The zero-order chi connectivity index (χ0) is 15.3. The number of hydrogen-bond acceptors (Lipinski definition) is 4. The van der Waals surface area contributed by atoms with E-state index in [1.807, 2.05) is 0 Å². The Morgan fingerprint density at radius 2 is 1.71 bits per heavy atom. The van der Waals surface area contributed by atoms with E-state index in [0.29, 0.717) is 32.5 Å². The van der Waals surface area contributed by atoms with Crippen molar-refractivity contribution in [1.82, 2.24) is 5.32 Å². The molecule has 0 spiro atoms. The van der Waals surface area contributed by atoms with Crippen LogP contribution >= 0.6 is 0 Å². The predicted molar refractivity (Wildman–Crippen MR) is 77.8 cm³/mol. The molecular formula is C15H26N2O4. The summed E-state index contributed by atoms with van der Waals surface area (Å²) >= 11 is 0. The Morgan fingerprint density at radius 1 is 1.10 bits per heavy atom. The van der Waals surface area contributed by atoms with Gasteiger partial charge in [-0.15, -0.1) is 0 Å². The fraction of sp³-hybridized carbons (Fsp3) is 0.867. The van der Waals surface area contributed by atoms with Crippen molar-refractivity contribution < 1.29 is 19.4 Å². The van der Waals surface area contributed by atoms with Gasteiger partial charge in [-0.1, -0.05) is 19.3 Å². The van der Waals surface area contributed by atoms with Gasteiger partial charge >= 0.3 is 5.97 Å². The van der Waals surface area contributed by atoms with Crippen molar-refractivity contribution in [1.29, 1.82) is 0 Å². The number of carbonyl (C=O) groups excluding carboxylic acids is 1. The second-order valence-electron chi connectivity index (χ2n) is 6.57. The summed E-state index contributed by atoms with van der Waals surface area (Å²) in [6, 6.07) is 0. The van der Waals surface area contributed by atoms with Gasteiger partial charge < -0.3 is 20.9 Å². The van der Waals surface area contributed by atoms with Crippen LogP contribution in [-0.2, 0) is 14.3 Å². The van der Waals surface area contributed by atoms with Gasteiger partial charge in [-0.05, 0) is 25.7 Å². The van der Waals surface area contributed by atoms with Crippen molar-refractivity contribution in [2.24, 2.45) is 11.1 Å². The number of carboxylic acid groups (broad SMARTS) is 1. The maximum atomic E-state index is 12.1. The lowest BCUT2D eigenvalue weighted by Gasteiger charge is -2.35. The van der Waals surface area contributed by atoms with Gasteiger partial charge in [-0.2, -0.15) is 0 Å². The number of ether oxygens (including phenoxy) is 1. The first-order valence-electron chi connectivity index (χ1n) is 7.83. The lowest BCUT2D eigenvalue weighted by Crippen LogP contribution is -2.50. The van der Waals surface area contributed by atoms with Crippen LogP contribution in [0, 0.1) is 5.41 Å².